The molecule has 1 fully saturated rings. The predicted octanol–water partition coefficient (Wildman–Crippen LogP) is 0.209. The molecule has 0 unspecified atom stereocenters. The van der Waals surface area contributed by atoms with Gasteiger partial charge in [0.25, 0.3) is 0 Å². The van der Waals surface area contributed by atoms with Crippen molar-refractivity contribution in [1.29, 1.82) is 0 Å². The van der Waals surface area contributed by atoms with E-state index in [1.807, 2.05) is 27.3 Å². The number of carbonyl (C=O) groups excluding carboxylic acids is 1. The van der Waals surface area contributed by atoms with Crippen LogP contribution in [0.4, 0.5) is 4.79 Å². The molecule has 1 aliphatic rings. The summed E-state index contributed by atoms with van der Waals surface area (Å²) in [6.07, 6.45) is 1.86. The molecule has 1 rings (SSSR count). The van der Waals surface area contributed by atoms with Gasteiger partial charge in [0.05, 0.1) is 0 Å². The van der Waals surface area contributed by atoms with Gasteiger partial charge in [-0.05, 0) is 32.7 Å². The molecule has 1 amide bonds. The van der Waals surface area contributed by atoms with Crippen LogP contribution in [-0.2, 0) is 4.74 Å². The van der Waals surface area contributed by atoms with Gasteiger partial charge < -0.3 is 9.64 Å². The first-order chi connectivity index (χ1) is 6.70. The molecule has 0 atom stereocenters. The second-order valence-corrected chi connectivity index (χ2v) is 5.99. The van der Waals surface area contributed by atoms with Crippen molar-refractivity contribution in [3.05, 3.63) is 6.54 Å². The summed E-state index contributed by atoms with van der Waals surface area (Å²) in [4.78, 5) is 13.5. The van der Waals surface area contributed by atoms with Gasteiger partial charge in [-0.25, -0.2) is 11.3 Å². The Hall–Kier alpha value is -0.133. The van der Waals surface area contributed by atoms with Crippen LogP contribution in [0.2, 0.25) is 0 Å². The summed E-state index contributed by atoms with van der Waals surface area (Å²) >= 11 is 0. The smallest absolute Gasteiger partial charge is 0.457 e. The minimum Gasteiger partial charge on any atom is -0.457 e. The fourth-order valence-corrected chi connectivity index (χ4v) is 1.68. The quantitative estimate of drug-likeness (QED) is 0.430. The summed E-state index contributed by atoms with van der Waals surface area (Å²) in [5.41, 5.74) is -0.210. The Balaban J connectivity index is 0.00000225. The van der Waals surface area contributed by atoms with Gasteiger partial charge in [0, 0.05) is 0 Å². The number of amides is 1. The summed E-state index contributed by atoms with van der Waals surface area (Å²) in [5.74, 6) is 0. The molecule has 0 aromatic carbocycles. The average Bonchev–Trinajstić information content (AvgIpc) is 1.99. The third-order valence-electron chi connectivity index (χ3n) is 2.40. The first-order valence-corrected chi connectivity index (χ1v) is 5.53. The number of rotatable bonds is 0. The van der Waals surface area contributed by atoms with Crippen LogP contribution in [0, 0.1) is 12.0 Å². The van der Waals surface area contributed by atoms with E-state index in [0.29, 0.717) is 0 Å². The molecule has 0 spiro atoms. The van der Waals surface area contributed by atoms with Crippen LogP contribution in [0.3, 0.4) is 0 Å². The van der Waals surface area contributed by atoms with Crippen molar-refractivity contribution in [2.75, 3.05) is 6.54 Å². The molecule has 0 radical (unpaired) electrons. The summed E-state index contributed by atoms with van der Waals surface area (Å²) in [6.45, 7) is 12.7. The fourth-order valence-electron chi connectivity index (χ4n) is 1.68. The molecule has 0 bridgehead atoms. The van der Waals surface area contributed by atoms with Crippen molar-refractivity contribution < 1.29 is 28.4 Å². The zero-order chi connectivity index (χ0) is 11.7. The number of hydrogen-bond acceptors (Lipinski definition) is 2. The SMILES string of the molecule is CC1(C)CC[CH-]N(C(=O)OC(C)(C)C)C1.[Li+]. The molecule has 3 nitrogen and oxygen atoms in total. The maximum atomic E-state index is 11.8. The van der Waals surface area contributed by atoms with Crippen LogP contribution in [0.15, 0.2) is 0 Å². The van der Waals surface area contributed by atoms with Crippen molar-refractivity contribution in [2.24, 2.45) is 5.41 Å². The van der Waals surface area contributed by atoms with E-state index in [4.69, 9.17) is 4.74 Å². The Kier molecular flexibility index (Phi) is 5.42. The summed E-state index contributed by atoms with van der Waals surface area (Å²) in [6, 6.07) is 0. The van der Waals surface area contributed by atoms with Gasteiger partial charge in [-0.2, -0.15) is 6.42 Å². The van der Waals surface area contributed by atoms with E-state index in [0.717, 1.165) is 19.4 Å². The number of carbonyl (C=O) groups is 1. The average molecular weight is 219 g/mol. The Bertz CT molecular complexity index is 246. The number of hydrogen-bond donors (Lipinski definition) is 0. The van der Waals surface area contributed by atoms with Crippen LogP contribution < -0.4 is 18.9 Å². The van der Waals surface area contributed by atoms with Crippen molar-refractivity contribution >= 4 is 6.09 Å². The van der Waals surface area contributed by atoms with Gasteiger partial charge in [0.1, 0.15) is 5.60 Å². The maximum Gasteiger partial charge on any atom is 1.00 e. The van der Waals surface area contributed by atoms with Gasteiger partial charge in [0.2, 0.25) is 0 Å². The van der Waals surface area contributed by atoms with Crippen LogP contribution in [0.1, 0.15) is 47.5 Å². The van der Waals surface area contributed by atoms with E-state index < -0.39 is 5.60 Å². The molecule has 0 aromatic heterocycles. The minimum absolute atomic E-state index is 0. The topological polar surface area (TPSA) is 29.5 Å². The Labute approximate surface area is 111 Å². The maximum absolute atomic E-state index is 11.8. The van der Waals surface area contributed by atoms with E-state index in [2.05, 4.69) is 13.8 Å². The summed E-state index contributed by atoms with van der Waals surface area (Å²) in [5, 5.41) is 0. The molecule has 4 heteroatoms. The van der Waals surface area contributed by atoms with Crippen LogP contribution in [0.5, 0.6) is 0 Å². The van der Waals surface area contributed by atoms with Gasteiger partial charge in [-0.15, -0.1) is 0 Å². The molecule has 1 saturated heterocycles. The molecular weight excluding hydrogens is 197 g/mol. The predicted molar refractivity (Wildman–Crippen MR) is 60.3 cm³/mol. The second-order valence-electron chi connectivity index (χ2n) is 5.99. The summed E-state index contributed by atoms with van der Waals surface area (Å²) in [7, 11) is 0. The van der Waals surface area contributed by atoms with Crippen molar-refractivity contribution in [3.8, 4) is 0 Å². The minimum atomic E-state index is -0.410. The molecule has 0 N–H and O–H groups in total. The third-order valence-corrected chi connectivity index (χ3v) is 2.40. The number of nitrogens with zero attached hydrogens (tertiary/aromatic N) is 1. The van der Waals surface area contributed by atoms with E-state index in [1.165, 1.54) is 0 Å². The molecular formula is C12H22LiNO2. The first kappa shape index (κ1) is 15.9. The Morgan fingerprint density at radius 3 is 2.38 bits per heavy atom. The number of piperidine rings is 1. The van der Waals surface area contributed by atoms with Gasteiger partial charge in [-0.3, -0.25) is 0 Å². The third kappa shape index (κ3) is 5.27. The molecule has 1 aliphatic heterocycles. The second kappa shape index (κ2) is 5.47. The molecule has 16 heavy (non-hydrogen) atoms. The number of ether oxygens (including phenoxy) is 1. The summed E-state index contributed by atoms with van der Waals surface area (Å²) < 4.78 is 5.33. The standard InChI is InChI=1S/C12H22NO2.Li/c1-11(2,3)15-10(14)13-8-6-7-12(4,5)9-13;/h8H,6-7,9H2,1-5H3;/q-1;+1. The number of likely N-dealkylation sites (tertiary alicyclic amines) is 1. The first-order valence-electron chi connectivity index (χ1n) is 5.53. The Morgan fingerprint density at radius 2 is 1.94 bits per heavy atom. The molecule has 0 aromatic rings. The fraction of sp³-hybridized carbons (Fsp3) is 0.833. The Morgan fingerprint density at radius 1 is 1.38 bits per heavy atom. The zero-order valence-electron chi connectivity index (χ0n) is 11.5. The largest absolute Gasteiger partial charge is 1.00 e. The monoisotopic (exact) mass is 219 g/mol. The van der Waals surface area contributed by atoms with Crippen LogP contribution in [0.25, 0.3) is 0 Å². The van der Waals surface area contributed by atoms with E-state index in [1.54, 1.807) is 4.90 Å². The van der Waals surface area contributed by atoms with E-state index >= 15 is 0 Å². The zero-order valence-corrected chi connectivity index (χ0v) is 11.5. The molecule has 1 heterocycles. The molecule has 88 valence electrons. The van der Waals surface area contributed by atoms with Gasteiger partial charge >= 0.3 is 25.0 Å². The molecule has 0 aliphatic carbocycles. The van der Waals surface area contributed by atoms with Crippen molar-refractivity contribution in [1.82, 2.24) is 4.90 Å². The normalized spacial score (nSPS) is 19.9. The van der Waals surface area contributed by atoms with Crippen LogP contribution >= 0.6 is 0 Å². The van der Waals surface area contributed by atoms with Crippen LogP contribution in [-0.4, -0.2) is 23.1 Å². The molecule has 0 saturated carbocycles. The van der Waals surface area contributed by atoms with E-state index in [9.17, 15) is 4.79 Å². The van der Waals surface area contributed by atoms with Crippen molar-refractivity contribution in [2.45, 2.75) is 53.1 Å². The van der Waals surface area contributed by atoms with Gasteiger partial charge in [-0.1, -0.05) is 20.3 Å². The van der Waals surface area contributed by atoms with Crippen molar-refractivity contribution in [3.63, 3.8) is 0 Å². The van der Waals surface area contributed by atoms with Gasteiger partial charge in [0.15, 0.2) is 0 Å². The van der Waals surface area contributed by atoms with E-state index in [-0.39, 0.29) is 30.4 Å².